The number of para-hydroxylation sites is 2. The van der Waals surface area contributed by atoms with Crippen LogP contribution in [0.2, 0.25) is 0 Å². The van der Waals surface area contributed by atoms with E-state index >= 15 is 0 Å². The second-order valence-corrected chi connectivity index (χ2v) is 6.04. The third-order valence-electron chi connectivity index (χ3n) is 4.34. The average Bonchev–Trinajstić information content (AvgIpc) is 2.97. The zero-order chi connectivity index (χ0) is 15.3. The van der Waals surface area contributed by atoms with Crippen molar-refractivity contribution in [2.75, 3.05) is 25.0 Å². The smallest absolute Gasteiger partial charge is 0.232 e. The minimum atomic E-state index is -0.322. The second kappa shape index (κ2) is 6.94. The maximum Gasteiger partial charge on any atom is 0.232 e. The molecule has 0 aliphatic carbocycles. The van der Waals surface area contributed by atoms with Crippen LogP contribution in [0.25, 0.3) is 0 Å². The van der Waals surface area contributed by atoms with Crippen molar-refractivity contribution < 1.29 is 9.53 Å². The molecule has 1 saturated heterocycles. The van der Waals surface area contributed by atoms with E-state index in [1.165, 1.54) is 0 Å². The number of hydrogen-bond acceptors (Lipinski definition) is 3. The van der Waals surface area contributed by atoms with Crippen molar-refractivity contribution in [2.24, 2.45) is 11.3 Å². The molecule has 1 aliphatic rings. The van der Waals surface area contributed by atoms with Crippen molar-refractivity contribution in [3.05, 3.63) is 24.3 Å². The fourth-order valence-corrected chi connectivity index (χ4v) is 2.81. The summed E-state index contributed by atoms with van der Waals surface area (Å²) in [4.78, 5) is 12.8. The average molecular weight is 290 g/mol. The number of nitrogens with one attached hydrogen (secondary N) is 2. The number of benzene rings is 1. The molecule has 4 heteroatoms. The quantitative estimate of drug-likeness (QED) is 0.846. The van der Waals surface area contributed by atoms with Crippen LogP contribution < -0.4 is 15.4 Å². The van der Waals surface area contributed by atoms with Crippen molar-refractivity contribution in [2.45, 2.75) is 33.6 Å². The Morgan fingerprint density at radius 3 is 2.81 bits per heavy atom. The molecular formula is C17H26N2O2. The Morgan fingerprint density at radius 2 is 2.19 bits per heavy atom. The van der Waals surface area contributed by atoms with Crippen LogP contribution in [0.4, 0.5) is 5.69 Å². The van der Waals surface area contributed by atoms with Crippen LogP contribution in [0.5, 0.6) is 5.75 Å². The van der Waals surface area contributed by atoms with Crippen molar-refractivity contribution in [3.63, 3.8) is 0 Å². The molecule has 1 aromatic carbocycles. The van der Waals surface area contributed by atoms with Crippen molar-refractivity contribution >= 4 is 11.6 Å². The zero-order valence-corrected chi connectivity index (χ0v) is 13.2. The van der Waals surface area contributed by atoms with E-state index in [-0.39, 0.29) is 11.3 Å². The molecule has 0 radical (unpaired) electrons. The fraction of sp³-hybridized carbons (Fsp3) is 0.588. The number of amides is 1. The first kappa shape index (κ1) is 15.8. The molecule has 0 saturated carbocycles. The number of anilines is 1. The van der Waals surface area contributed by atoms with Gasteiger partial charge in [-0.2, -0.15) is 0 Å². The number of rotatable bonds is 6. The number of carbonyl (C=O) groups excluding carboxylic acids is 1. The van der Waals surface area contributed by atoms with Crippen molar-refractivity contribution in [1.29, 1.82) is 0 Å². The van der Waals surface area contributed by atoms with Gasteiger partial charge in [-0.25, -0.2) is 0 Å². The summed E-state index contributed by atoms with van der Waals surface area (Å²) >= 11 is 0. The van der Waals surface area contributed by atoms with Gasteiger partial charge >= 0.3 is 0 Å². The van der Waals surface area contributed by atoms with E-state index in [1.54, 1.807) is 0 Å². The summed E-state index contributed by atoms with van der Waals surface area (Å²) in [5.74, 6) is 1.14. The predicted molar refractivity (Wildman–Crippen MR) is 85.6 cm³/mol. The lowest BCUT2D eigenvalue weighted by Gasteiger charge is -2.31. The van der Waals surface area contributed by atoms with Gasteiger partial charge in [-0.05, 0) is 37.4 Å². The normalized spacial score (nSPS) is 21.5. The first-order valence-corrected chi connectivity index (χ1v) is 7.84. The highest BCUT2D eigenvalue weighted by atomic mass is 16.5. The Hall–Kier alpha value is -1.55. The standard InChI is InChI=1S/C17H26N2O2/c1-4-11-21-15-8-6-5-7-14(15)19-16(20)17(13(2)3)9-10-18-12-17/h5-8,13,18H,4,9-12H2,1-3H3,(H,19,20). The van der Waals surface area contributed by atoms with E-state index in [1.807, 2.05) is 24.3 Å². The predicted octanol–water partition coefficient (Wildman–Crippen LogP) is 3.05. The molecule has 0 aromatic heterocycles. The molecule has 1 fully saturated rings. The van der Waals surface area contributed by atoms with Gasteiger partial charge in [-0.15, -0.1) is 0 Å². The number of carbonyl (C=O) groups is 1. The molecule has 1 atom stereocenters. The van der Waals surface area contributed by atoms with Gasteiger partial charge in [0.05, 0.1) is 17.7 Å². The van der Waals surface area contributed by atoms with E-state index in [0.29, 0.717) is 12.5 Å². The summed E-state index contributed by atoms with van der Waals surface area (Å²) in [6.45, 7) is 8.61. The third-order valence-corrected chi connectivity index (χ3v) is 4.34. The van der Waals surface area contributed by atoms with Crippen LogP contribution in [-0.4, -0.2) is 25.6 Å². The van der Waals surface area contributed by atoms with Gasteiger partial charge in [0.25, 0.3) is 0 Å². The molecule has 0 spiro atoms. The zero-order valence-electron chi connectivity index (χ0n) is 13.2. The second-order valence-electron chi connectivity index (χ2n) is 6.04. The van der Waals surface area contributed by atoms with Crippen LogP contribution in [0.15, 0.2) is 24.3 Å². The maximum absolute atomic E-state index is 12.8. The summed E-state index contributed by atoms with van der Waals surface area (Å²) in [5.41, 5.74) is 0.445. The van der Waals surface area contributed by atoms with Gasteiger partial charge in [-0.3, -0.25) is 4.79 Å². The highest BCUT2D eigenvalue weighted by molar-refractivity contribution is 5.97. The minimum Gasteiger partial charge on any atom is -0.491 e. The fourth-order valence-electron chi connectivity index (χ4n) is 2.81. The summed E-state index contributed by atoms with van der Waals surface area (Å²) in [7, 11) is 0. The van der Waals surface area contributed by atoms with Crippen LogP contribution in [0, 0.1) is 11.3 Å². The van der Waals surface area contributed by atoms with Gasteiger partial charge < -0.3 is 15.4 Å². The molecule has 1 amide bonds. The largest absolute Gasteiger partial charge is 0.491 e. The van der Waals surface area contributed by atoms with E-state index in [0.717, 1.165) is 37.4 Å². The minimum absolute atomic E-state index is 0.0926. The van der Waals surface area contributed by atoms with Crippen LogP contribution >= 0.6 is 0 Å². The van der Waals surface area contributed by atoms with E-state index < -0.39 is 0 Å². The van der Waals surface area contributed by atoms with Gasteiger partial charge in [-0.1, -0.05) is 32.9 Å². The molecule has 0 bridgehead atoms. The lowest BCUT2D eigenvalue weighted by molar-refractivity contribution is -0.126. The highest BCUT2D eigenvalue weighted by Gasteiger charge is 2.44. The summed E-state index contributed by atoms with van der Waals surface area (Å²) < 4.78 is 5.71. The van der Waals surface area contributed by atoms with Crippen LogP contribution in [0.3, 0.4) is 0 Å². The first-order chi connectivity index (χ1) is 10.1. The van der Waals surface area contributed by atoms with E-state index in [2.05, 4.69) is 31.4 Å². The first-order valence-electron chi connectivity index (χ1n) is 7.84. The Bertz CT molecular complexity index is 479. The molecule has 2 rings (SSSR count). The molecule has 21 heavy (non-hydrogen) atoms. The van der Waals surface area contributed by atoms with Crippen LogP contribution in [0.1, 0.15) is 33.6 Å². The van der Waals surface area contributed by atoms with Crippen molar-refractivity contribution in [1.82, 2.24) is 5.32 Å². The maximum atomic E-state index is 12.8. The summed E-state index contributed by atoms with van der Waals surface area (Å²) in [5, 5.41) is 6.40. The molecule has 1 aliphatic heterocycles. The molecule has 1 unspecified atom stereocenters. The molecule has 116 valence electrons. The van der Waals surface area contributed by atoms with Crippen LogP contribution in [-0.2, 0) is 4.79 Å². The van der Waals surface area contributed by atoms with Gasteiger partial charge in [0, 0.05) is 6.54 Å². The summed E-state index contributed by atoms with van der Waals surface area (Å²) in [6, 6.07) is 7.65. The van der Waals surface area contributed by atoms with Gasteiger partial charge in [0.1, 0.15) is 5.75 Å². The third kappa shape index (κ3) is 3.38. The SMILES string of the molecule is CCCOc1ccccc1NC(=O)C1(C(C)C)CCNC1. The van der Waals surface area contributed by atoms with E-state index in [4.69, 9.17) is 4.74 Å². The lowest BCUT2D eigenvalue weighted by atomic mass is 9.75. The Labute approximate surface area is 127 Å². The number of ether oxygens (including phenoxy) is 1. The number of hydrogen-bond donors (Lipinski definition) is 2. The molecule has 2 N–H and O–H groups in total. The van der Waals surface area contributed by atoms with Gasteiger partial charge in [0.2, 0.25) is 5.91 Å². The topological polar surface area (TPSA) is 50.4 Å². The summed E-state index contributed by atoms with van der Waals surface area (Å²) in [6.07, 6.45) is 1.83. The molecule has 1 heterocycles. The van der Waals surface area contributed by atoms with Crippen molar-refractivity contribution in [3.8, 4) is 5.75 Å². The molecule has 1 aromatic rings. The Balaban J connectivity index is 2.15. The highest BCUT2D eigenvalue weighted by Crippen LogP contribution is 2.36. The van der Waals surface area contributed by atoms with Gasteiger partial charge in [0.15, 0.2) is 0 Å². The molecule has 4 nitrogen and oxygen atoms in total. The lowest BCUT2D eigenvalue weighted by Crippen LogP contribution is -2.42. The monoisotopic (exact) mass is 290 g/mol. The Morgan fingerprint density at radius 1 is 1.43 bits per heavy atom. The molecular weight excluding hydrogens is 264 g/mol. The Kier molecular flexibility index (Phi) is 5.23. The van der Waals surface area contributed by atoms with E-state index in [9.17, 15) is 4.79 Å².